The zero-order valence-corrected chi connectivity index (χ0v) is 15.7. The summed E-state index contributed by atoms with van der Waals surface area (Å²) < 4.78 is 5.75. The summed E-state index contributed by atoms with van der Waals surface area (Å²) in [5.74, 6) is 0.399. The number of carbonyl (C=O) groups excluding carboxylic acids is 1. The van der Waals surface area contributed by atoms with Crippen LogP contribution in [0.1, 0.15) is 44.1 Å². The fourth-order valence-electron chi connectivity index (χ4n) is 2.55. The first-order chi connectivity index (χ1) is 13.2. The van der Waals surface area contributed by atoms with Gasteiger partial charge in [0.15, 0.2) is 0 Å². The zero-order chi connectivity index (χ0) is 19.3. The number of methoxy groups -OCH3 is 1. The van der Waals surface area contributed by atoms with Crippen molar-refractivity contribution in [3.63, 3.8) is 0 Å². The molecule has 0 saturated heterocycles. The Morgan fingerprint density at radius 1 is 1.07 bits per heavy atom. The van der Waals surface area contributed by atoms with Gasteiger partial charge in [0.25, 0.3) is 0 Å². The van der Waals surface area contributed by atoms with E-state index < -0.39 is 5.69 Å². The topological polar surface area (TPSA) is 82.5 Å². The molecule has 146 valence electrons. The number of hydrogen-bond acceptors (Lipinski definition) is 6. The molecule has 0 fully saturated rings. The van der Waals surface area contributed by atoms with Crippen LogP contribution in [-0.4, -0.2) is 29.3 Å². The minimum absolute atomic E-state index is 0.148. The Balaban J connectivity index is 1.62. The summed E-state index contributed by atoms with van der Waals surface area (Å²) in [6.07, 6.45) is 7.06. The molecule has 0 saturated carbocycles. The minimum atomic E-state index is -0.446. The highest BCUT2D eigenvalue weighted by Crippen LogP contribution is 2.07. The van der Waals surface area contributed by atoms with E-state index in [4.69, 9.17) is 4.84 Å². The van der Waals surface area contributed by atoms with E-state index in [-0.39, 0.29) is 5.97 Å². The highest BCUT2D eigenvalue weighted by Gasteiger charge is 2.02. The second kappa shape index (κ2) is 11.7. The van der Waals surface area contributed by atoms with Crippen molar-refractivity contribution in [3.8, 4) is 0 Å². The van der Waals surface area contributed by atoms with Crippen molar-refractivity contribution in [1.82, 2.24) is 9.71 Å². The summed E-state index contributed by atoms with van der Waals surface area (Å²) in [5.41, 5.74) is 0.539. The number of carbonyl (C=O) groups is 1. The molecule has 0 radical (unpaired) electrons. The fraction of sp³-hybridized carbons (Fsp3) is 0.450. The average molecular weight is 373 g/mol. The minimum Gasteiger partial charge on any atom is -0.469 e. The molecular formula is C20H27N3O4. The molecule has 0 unspecified atom stereocenters. The highest BCUT2D eigenvalue weighted by atomic mass is 16.7. The first-order valence-electron chi connectivity index (χ1n) is 9.26. The van der Waals surface area contributed by atoms with E-state index in [1.54, 1.807) is 12.3 Å². The Morgan fingerprint density at radius 3 is 2.56 bits per heavy atom. The standard InChI is InChI=1S/C20H27N3O4/c1-26-19(24)12-8-3-2-4-9-14-21-18-13-15-23(20(25)22-18)27-16-17-10-6-5-7-11-17/h5-7,10-11,13,15H,2-4,8-9,12,14,16H2,1H3,(H,21,22,25). The summed E-state index contributed by atoms with van der Waals surface area (Å²) in [5, 5.41) is 3.15. The van der Waals surface area contributed by atoms with Crippen molar-refractivity contribution in [3.05, 3.63) is 58.6 Å². The lowest BCUT2D eigenvalue weighted by atomic mass is 10.1. The third-order valence-corrected chi connectivity index (χ3v) is 4.08. The molecule has 0 amide bonds. The number of anilines is 1. The second-order valence-corrected chi connectivity index (χ2v) is 6.20. The van der Waals surface area contributed by atoms with Gasteiger partial charge in [-0.1, -0.05) is 49.6 Å². The van der Waals surface area contributed by atoms with E-state index >= 15 is 0 Å². The number of rotatable bonds is 12. The summed E-state index contributed by atoms with van der Waals surface area (Å²) in [4.78, 5) is 32.4. The summed E-state index contributed by atoms with van der Waals surface area (Å²) in [6, 6.07) is 11.4. The monoisotopic (exact) mass is 373 g/mol. The van der Waals surface area contributed by atoms with Gasteiger partial charge >= 0.3 is 11.7 Å². The van der Waals surface area contributed by atoms with Crippen molar-refractivity contribution < 1.29 is 14.4 Å². The van der Waals surface area contributed by atoms with Gasteiger partial charge in [0.2, 0.25) is 0 Å². The number of benzene rings is 1. The van der Waals surface area contributed by atoms with E-state index in [9.17, 15) is 9.59 Å². The first-order valence-corrected chi connectivity index (χ1v) is 9.26. The van der Waals surface area contributed by atoms with Crippen molar-refractivity contribution >= 4 is 11.8 Å². The van der Waals surface area contributed by atoms with Gasteiger partial charge in [0.1, 0.15) is 12.4 Å². The molecule has 2 aromatic rings. The third kappa shape index (κ3) is 7.94. The van der Waals surface area contributed by atoms with Crippen LogP contribution in [0.4, 0.5) is 5.82 Å². The predicted molar refractivity (Wildman–Crippen MR) is 103 cm³/mol. The molecule has 1 N–H and O–H groups in total. The smallest absolute Gasteiger partial charge is 0.382 e. The van der Waals surface area contributed by atoms with Gasteiger partial charge in [-0.15, -0.1) is 4.73 Å². The molecule has 7 heteroatoms. The lowest BCUT2D eigenvalue weighted by Crippen LogP contribution is -2.29. The number of hydrogen-bond donors (Lipinski definition) is 1. The van der Waals surface area contributed by atoms with Crippen LogP contribution in [0.25, 0.3) is 0 Å². The summed E-state index contributed by atoms with van der Waals surface area (Å²) in [6.45, 7) is 1.06. The molecule has 1 aromatic heterocycles. The quantitative estimate of drug-likeness (QED) is 0.455. The largest absolute Gasteiger partial charge is 0.469 e. The fourth-order valence-corrected chi connectivity index (χ4v) is 2.55. The molecule has 0 aliphatic rings. The number of esters is 1. The third-order valence-electron chi connectivity index (χ3n) is 4.08. The zero-order valence-electron chi connectivity index (χ0n) is 15.7. The average Bonchev–Trinajstić information content (AvgIpc) is 2.69. The number of unbranched alkanes of at least 4 members (excludes halogenated alkanes) is 4. The maximum absolute atomic E-state index is 12.0. The van der Waals surface area contributed by atoms with Gasteiger partial charge in [-0.2, -0.15) is 4.98 Å². The number of nitrogens with zero attached hydrogens (tertiary/aromatic N) is 2. The normalized spacial score (nSPS) is 10.4. The maximum Gasteiger partial charge on any atom is 0.382 e. The van der Waals surface area contributed by atoms with Crippen LogP contribution in [-0.2, 0) is 16.1 Å². The van der Waals surface area contributed by atoms with Crippen LogP contribution in [0.3, 0.4) is 0 Å². The van der Waals surface area contributed by atoms with E-state index in [1.807, 2.05) is 30.3 Å². The van der Waals surface area contributed by atoms with E-state index in [0.29, 0.717) is 18.8 Å². The molecule has 27 heavy (non-hydrogen) atoms. The predicted octanol–water partition coefficient (Wildman–Crippen LogP) is 2.80. The lowest BCUT2D eigenvalue weighted by molar-refractivity contribution is -0.140. The van der Waals surface area contributed by atoms with Crippen LogP contribution in [0, 0.1) is 0 Å². The highest BCUT2D eigenvalue weighted by molar-refractivity contribution is 5.68. The SMILES string of the molecule is COC(=O)CCCCCCCNc1ccn(OCc2ccccc2)c(=O)n1. The van der Waals surface area contributed by atoms with Crippen molar-refractivity contribution in [2.45, 2.75) is 45.1 Å². The van der Waals surface area contributed by atoms with E-state index in [0.717, 1.165) is 48.9 Å². The number of ether oxygens (including phenoxy) is 1. The van der Waals surface area contributed by atoms with Crippen LogP contribution >= 0.6 is 0 Å². The van der Waals surface area contributed by atoms with Gasteiger partial charge in [-0.25, -0.2) is 4.79 Å². The Morgan fingerprint density at radius 2 is 1.81 bits per heavy atom. The lowest BCUT2D eigenvalue weighted by Gasteiger charge is -2.09. The Hall–Kier alpha value is -2.83. The maximum atomic E-state index is 12.0. The molecule has 0 spiro atoms. The first kappa shape index (κ1) is 20.5. The molecule has 7 nitrogen and oxygen atoms in total. The van der Waals surface area contributed by atoms with Gasteiger partial charge in [0, 0.05) is 19.0 Å². The number of nitrogens with one attached hydrogen (secondary N) is 1. The summed E-state index contributed by atoms with van der Waals surface area (Å²) in [7, 11) is 1.41. The molecule has 1 heterocycles. The molecule has 2 rings (SSSR count). The van der Waals surface area contributed by atoms with Crippen LogP contribution in [0.15, 0.2) is 47.4 Å². The van der Waals surface area contributed by atoms with E-state index in [1.165, 1.54) is 7.11 Å². The van der Waals surface area contributed by atoms with Gasteiger partial charge in [0.05, 0.1) is 13.3 Å². The van der Waals surface area contributed by atoms with Gasteiger partial charge in [-0.05, 0) is 18.4 Å². The van der Waals surface area contributed by atoms with Crippen LogP contribution in [0.5, 0.6) is 0 Å². The van der Waals surface area contributed by atoms with Crippen LogP contribution in [0.2, 0.25) is 0 Å². The molecule has 1 aromatic carbocycles. The molecule has 0 bridgehead atoms. The molecule has 0 atom stereocenters. The Labute approximate surface area is 159 Å². The summed E-state index contributed by atoms with van der Waals surface area (Å²) >= 11 is 0. The molecule has 0 aliphatic carbocycles. The van der Waals surface area contributed by atoms with Crippen molar-refractivity contribution in [2.75, 3.05) is 19.0 Å². The second-order valence-electron chi connectivity index (χ2n) is 6.20. The van der Waals surface area contributed by atoms with Crippen molar-refractivity contribution in [1.29, 1.82) is 0 Å². The Bertz CT molecular complexity index is 746. The van der Waals surface area contributed by atoms with Gasteiger partial charge in [-0.3, -0.25) is 4.79 Å². The van der Waals surface area contributed by atoms with E-state index in [2.05, 4.69) is 15.0 Å². The molecule has 0 aliphatic heterocycles. The van der Waals surface area contributed by atoms with Crippen LogP contribution < -0.4 is 15.8 Å². The molecular weight excluding hydrogens is 346 g/mol. The van der Waals surface area contributed by atoms with Crippen molar-refractivity contribution in [2.24, 2.45) is 0 Å². The number of aromatic nitrogens is 2. The van der Waals surface area contributed by atoms with Gasteiger partial charge < -0.3 is 14.9 Å². The Kier molecular flexibility index (Phi) is 8.89.